The summed E-state index contributed by atoms with van der Waals surface area (Å²) in [5.74, 6) is 0.0701. The van der Waals surface area contributed by atoms with Crippen LogP contribution in [0.15, 0.2) is 17.5 Å². The first kappa shape index (κ1) is 14.6. The summed E-state index contributed by atoms with van der Waals surface area (Å²) in [5.41, 5.74) is -1.44. The molecule has 2 fully saturated rings. The largest absolute Gasteiger partial charge is 0.340 e. The van der Waals surface area contributed by atoms with Crippen LogP contribution in [0.5, 0.6) is 0 Å². The Kier molecular flexibility index (Phi) is 3.56. The Balaban J connectivity index is 1.98. The van der Waals surface area contributed by atoms with Crippen molar-refractivity contribution in [2.24, 2.45) is 0 Å². The van der Waals surface area contributed by atoms with Gasteiger partial charge in [0.15, 0.2) is 0 Å². The van der Waals surface area contributed by atoms with Gasteiger partial charge in [-0.1, -0.05) is 25.3 Å². The highest BCUT2D eigenvalue weighted by atomic mass is 32.1. The number of piperazine rings is 1. The molecule has 2 aliphatic rings. The minimum absolute atomic E-state index is 0.0309. The summed E-state index contributed by atoms with van der Waals surface area (Å²) >= 11 is 1.64. The maximum absolute atomic E-state index is 12.9. The van der Waals surface area contributed by atoms with Gasteiger partial charge in [0.2, 0.25) is 11.8 Å². The van der Waals surface area contributed by atoms with E-state index in [0.29, 0.717) is 6.54 Å². The number of rotatable bonds is 2. The molecule has 0 atom stereocenters. The van der Waals surface area contributed by atoms with E-state index >= 15 is 0 Å². The average molecular weight is 306 g/mol. The molecule has 2 heterocycles. The van der Waals surface area contributed by atoms with E-state index in [1.807, 2.05) is 22.4 Å². The van der Waals surface area contributed by atoms with Crippen molar-refractivity contribution in [1.82, 2.24) is 10.2 Å². The molecule has 3 rings (SSSR count). The molecule has 1 saturated carbocycles. The lowest BCUT2D eigenvalue weighted by Crippen LogP contribution is -2.74. The van der Waals surface area contributed by atoms with Crippen molar-refractivity contribution in [3.63, 3.8) is 0 Å². The van der Waals surface area contributed by atoms with Crippen molar-refractivity contribution in [3.8, 4) is 0 Å². The van der Waals surface area contributed by atoms with Crippen molar-refractivity contribution >= 4 is 23.2 Å². The number of hydrogen-bond donors (Lipinski definition) is 1. The van der Waals surface area contributed by atoms with Crippen molar-refractivity contribution in [3.05, 3.63) is 22.4 Å². The molecule has 1 aliphatic carbocycles. The van der Waals surface area contributed by atoms with E-state index in [9.17, 15) is 9.59 Å². The third-order valence-corrected chi connectivity index (χ3v) is 5.58. The molecule has 4 nitrogen and oxygen atoms in total. The van der Waals surface area contributed by atoms with Gasteiger partial charge in [-0.25, -0.2) is 0 Å². The van der Waals surface area contributed by atoms with Gasteiger partial charge in [-0.15, -0.1) is 11.3 Å². The van der Waals surface area contributed by atoms with Gasteiger partial charge < -0.3 is 10.2 Å². The Morgan fingerprint density at radius 1 is 1.24 bits per heavy atom. The fourth-order valence-corrected chi connectivity index (χ4v) is 4.22. The van der Waals surface area contributed by atoms with Crippen molar-refractivity contribution < 1.29 is 9.59 Å². The Bertz CT molecular complexity index is 545. The van der Waals surface area contributed by atoms with Gasteiger partial charge in [-0.3, -0.25) is 9.59 Å². The summed E-state index contributed by atoms with van der Waals surface area (Å²) in [6.45, 7) is 4.14. The van der Waals surface area contributed by atoms with E-state index in [2.05, 4.69) is 5.32 Å². The second-order valence-corrected chi connectivity index (χ2v) is 7.67. The zero-order chi connectivity index (χ0) is 15.1. The number of thiophene rings is 1. The quantitative estimate of drug-likeness (QED) is 0.913. The van der Waals surface area contributed by atoms with Crippen LogP contribution in [-0.2, 0) is 16.1 Å². The number of amides is 2. The molecule has 1 aromatic heterocycles. The zero-order valence-electron chi connectivity index (χ0n) is 12.6. The summed E-state index contributed by atoms with van der Waals surface area (Å²) in [6.07, 6.45) is 4.75. The Labute approximate surface area is 129 Å². The maximum atomic E-state index is 12.9. The van der Waals surface area contributed by atoms with Gasteiger partial charge in [0.05, 0.1) is 6.54 Å². The highest BCUT2D eigenvalue weighted by Gasteiger charge is 2.55. The lowest BCUT2D eigenvalue weighted by atomic mass is 9.76. The lowest BCUT2D eigenvalue weighted by Gasteiger charge is -2.52. The van der Waals surface area contributed by atoms with Gasteiger partial charge in [-0.2, -0.15) is 0 Å². The van der Waals surface area contributed by atoms with Crippen LogP contribution in [0.25, 0.3) is 0 Å². The number of nitrogens with zero attached hydrogens (tertiary/aromatic N) is 1. The van der Waals surface area contributed by atoms with Crippen LogP contribution in [0, 0.1) is 0 Å². The Hall–Kier alpha value is -1.36. The number of carbonyl (C=O) groups excluding carboxylic acids is 2. The molecule has 1 aliphatic heterocycles. The molecule has 1 spiro atoms. The van der Waals surface area contributed by atoms with E-state index < -0.39 is 11.1 Å². The summed E-state index contributed by atoms with van der Waals surface area (Å²) < 4.78 is 0. The zero-order valence-corrected chi connectivity index (χ0v) is 13.5. The van der Waals surface area contributed by atoms with Crippen LogP contribution in [0.1, 0.15) is 50.8 Å². The first-order valence-electron chi connectivity index (χ1n) is 7.63. The molecule has 21 heavy (non-hydrogen) atoms. The van der Waals surface area contributed by atoms with Gasteiger partial charge in [0.25, 0.3) is 0 Å². The van der Waals surface area contributed by atoms with Crippen LogP contribution < -0.4 is 5.32 Å². The summed E-state index contributed by atoms with van der Waals surface area (Å²) in [5, 5.41) is 4.97. The van der Waals surface area contributed by atoms with Crippen LogP contribution in [-0.4, -0.2) is 27.8 Å². The van der Waals surface area contributed by atoms with Crippen LogP contribution in [0.3, 0.4) is 0 Å². The van der Waals surface area contributed by atoms with Crippen molar-refractivity contribution in [1.29, 1.82) is 0 Å². The van der Waals surface area contributed by atoms with Crippen LogP contribution in [0.4, 0.5) is 0 Å². The summed E-state index contributed by atoms with van der Waals surface area (Å²) in [7, 11) is 0. The van der Waals surface area contributed by atoms with Gasteiger partial charge in [0, 0.05) is 4.88 Å². The van der Waals surface area contributed by atoms with Crippen molar-refractivity contribution in [2.75, 3.05) is 0 Å². The smallest absolute Gasteiger partial charge is 0.248 e. The minimum atomic E-state index is -0.808. The van der Waals surface area contributed by atoms with E-state index in [1.54, 1.807) is 25.2 Å². The second kappa shape index (κ2) is 5.13. The van der Waals surface area contributed by atoms with Crippen LogP contribution in [0.2, 0.25) is 0 Å². The van der Waals surface area contributed by atoms with Gasteiger partial charge in [-0.05, 0) is 38.1 Å². The molecule has 114 valence electrons. The predicted octanol–water partition coefficient (Wildman–Crippen LogP) is 2.69. The molecule has 0 unspecified atom stereocenters. The summed E-state index contributed by atoms with van der Waals surface area (Å²) in [4.78, 5) is 28.7. The summed E-state index contributed by atoms with van der Waals surface area (Å²) in [6, 6.07) is 4.03. The molecule has 2 amide bonds. The standard InChI is InChI=1S/C16H22N2O2S/c1-15(2)14(20)18(11-12-7-6-10-21-12)16(13(19)17-15)8-4-3-5-9-16/h6-7,10H,3-5,8-9,11H2,1-2H3,(H,17,19). The van der Waals surface area contributed by atoms with Crippen LogP contribution >= 0.6 is 11.3 Å². The van der Waals surface area contributed by atoms with E-state index in [0.717, 1.165) is 37.0 Å². The Morgan fingerprint density at radius 3 is 2.57 bits per heavy atom. The molecule has 5 heteroatoms. The molecular weight excluding hydrogens is 284 g/mol. The number of carbonyl (C=O) groups is 2. The minimum Gasteiger partial charge on any atom is -0.340 e. The van der Waals surface area contributed by atoms with E-state index in [4.69, 9.17) is 0 Å². The first-order chi connectivity index (χ1) is 9.96. The fourth-order valence-electron chi connectivity index (χ4n) is 3.52. The highest BCUT2D eigenvalue weighted by Crippen LogP contribution is 2.39. The Morgan fingerprint density at radius 2 is 1.95 bits per heavy atom. The van der Waals surface area contributed by atoms with Crippen molar-refractivity contribution in [2.45, 2.75) is 63.6 Å². The molecular formula is C16H22N2O2S. The molecule has 1 saturated heterocycles. The first-order valence-corrected chi connectivity index (χ1v) is 8.51. The molecule has 1 N–H and O–H groups in total. The maximum Gasteiger partial charge on any atom is 0.248 e. The molecule has 0 radical (unpaired) electrons. The number of nitrogens with one attached hydrogen (secondary N) is 1. The predicted molar refractivity (Wildman–Crippen MR) is 82.9 cm³/mol. The van der Waals surface area contributed by atoms with Gasteiger partial charge in [0.1, 0.15) is 11.1 Å². The van der Waals surface area contributed by atoms with E-state index in [1.165, 1.54) is 0 Å². The molecule has 1 aromatic rings. The molecule has 0 aromatic carbocycles. The second-order valence-electron chi connectivity index (χ2n) is 6.64. The number of hydrogen-bond acceptors (Lipinski definition) is 3. The SMILES string of the molecule is CC1(C)NC(=O)C2(CCCCC2)N(Cc2cccs2)C1=O. The lowest BCUT2D eigenvalue weighted by molar-refractivity contribution is -0.165. The third kappa shape index (κ3) is 2.37. The third-order valence-electron chi connectivity index (χ3n) is 4.72. The normalized spacial score (nSPS) is 24.2. The highest BCUT2D eigenvalue weighted by molar-refractivity contribution is 7.09. The fraction of sp³-hybridized carbons (Fsp3) is 0.625. The topological polar surface area (TPSA) is 49.4 Å². The monoisotopic (exact) mass is 306 g/mol. The molecule has 0 bridgehead atoms. The van der Waals surface area contributed by atoms with E-state index in [-0.39, 0.29) is 11.8 Å². The van der Waals surface area contributed by atoms with Gasteiger partial charge >= 0.3 is 0 Å². The average Bonchev–Trinajstić information content (AvgIpc) is 2.96.